The minimum atomic E-state index is -0.354. The number of hydrogen-bond acceptors (Lipinski definition) is 5. The number of aryl methyl sites for hydroxylation is 1. The van der Waals surface area contributed by atoms with Gasteiger partial charge in [-0.05, 0) is 43.3 Å². The van der Waals surface area contributed by atoms with E-state index in [1.54, 1.807) is 32.2 Å². The summed E-state index contributed by atoms with van der Waals surface area (Å²) in [4.78, 5) is 16.1. The summed E-state index contributed by atoms with van der Waals surface area (Å²) in [5.41, 5.74) is 4.01. The van der Waals surface area contributed by atoms with Crippen molar-refractivity contribution in [3.63, 3.8) is 0 Å². The van der Waals surface area contributed by atoms with E-state index in [0.29, 0.717) is 29.2 Å². The topological polar surface area (TPSA) is 81.0 Å². The minimum absolute atomic E-state index is 0.334. The maximum Gasteiger partial charge on any atom is 0.338 e. The summed E-state index contributed by atoms with van der Waals surface area (Å²) in [5.74, 6) is 0.205. The molecular formula is C20H15N3O3. The van der Waals surface area contributed by atoms with Gasteiger partial charge < -0.3 is 13.7 Å². The Kier molecular flexibility index (Phi) is 3.70. The average Bonchev–Trinajstić information content (AvgIpc) is 3.21. The van der Waals surface area contributed by atoms with Crippen LogP contribution in [0.5, 0.6) is 0 Å². The Morgan fingerprint density at radius 1 is 1.27 bits per heavy atom. The Balaban J connectivity index is 1.88. The molecule has 0 saturated carbocycles. The molecule has 0 fully saturated rings. The van der Waals surface area contributed by atoms with Gasteiger partial charge in [0.15, 0.2) is 11.5 Å². The highest BCUT2D eigenvalue weighted by Gasteiger charge is 2.16. The summed E-state index contributed by atoms with van der Waals surface area (Å²) in [5, 5.41) is 10.3. The molecular weight excluding hydrogens is 330 g/mol. The van der Waals surface area contributed by atoms with Crippen molar-refractivity contribution in [2.24, 2.45) is 0 Å². The molecule has 0 bridgehead atoms. The van der Waals surface area contributed by atoms with Crippen LogP contribution in [-0.4, -0.2) is 22.1 Å². The monoisotopic (exact) mass is 345 g/mol. The fourth-order valence-electron chi connectivity index (χ4n) is 3.09. The van der Waals surface area contributed by atoms with Gasteiger partial charge in [0.05, 0.1) is 28.6 Å². The summed E-state index contributed by atoms with van der Waals surface area (Å²) < 4.78 is 12.6. The number of esters is 1. The molecule has 0 spiro atoms. The van der Waals surface area contributed by atoms with Crippen LogP contribution in [0.1, 0.15) is 28.7 Å². The number of benzene rings is 2. The quantitative estimate of drug-likeness (QED) is 0.522. The van der Waals surface area contributed by atoms with E-state index < -0.39 is 0 Å². The molecule has 128 valence electrons. The second kappa shape index (κ2) is 6.05. The highest BCUT2D eigenvalue weighted by atomic mass is 16.5. The van der Waals surface area contributed by atoms with Gasteiger partial charge in [-0.25, -0.2) is 9.78 Å². The highest BCUT2D eigenvalue weighted by Crippen LogP contribution is 2.32. The lowest BCUT2D eigenvalue weighted by molar-refractivity contribution is 0.0526. The van der Waals surface area contributed by atoms with Crippen molar-refractivity contribution in [3.05, 3.63) is 59.6 Å². The van der Waals surface area contributed by atoms with Gasteiger partial charge in [0, 0.05) is 18.8 Å². The minimum Gasteiger partial charge on any atom is -0.462 e. The van der Waals surface area contributed by atoms with E-state index in [9.17, 15) is 10.1 Å². The third-order valence-electron chi connectivity index (χ3n) is 4.21. The lowest BCUT2D eigenvalue weighted by Crippen LogP contribution is -2.04. The molecule has 0 radical (unpaired) electrons. The summed E-state index contributed by atoms with van der Waals surface area (Å²) in [7, 11) is 0. The van der Waals surface area contributed by atoms with Crippen LogP contribution < -0.4 is 0 Å². The number of ether oxygens (including phenoxy) is 1. The molecule has 0 amide bonds. The summed E-state index contributed by atoms with van der Waals surface area (Å²) in [6.07, 6.45) is 1.77. The summed E-state index contributed by atoms with van der Waals surface area (Å²) >= 11 is 0. The molecule has 0 aliphatic rings. The molecule has 0 N–H and O–H groups in total. The van der Waals surface area contributed by atoms with Gasteiger partial charge in [0.2, 0.25) is 0 Å². The summed E-state index contributed by atoms with van der Waals surface area (Å²) in [6.45, 7) is 3.89. The Labute approximate surface area is 149 Å². The average molecular weight is 345 g/mol. The fraction of sp³-hybridized carbons (Fsp3) is 0.150. The Bertz CT molecular complexity index is 1180. The number of fused-ring (bicyclic) bond motifs is 3. The van der Waals surface area contributed by atoms with Gasteiger partial charge in [-0.1, -0.05) is 0 Å². The van der Waals surface area contributed by atoms with Crippen molar-refractivity contribution in [1.82, 2.24) is 9.55 Å². The predicted molar refractivity (Wildman–Crippen MR) is 96.3 cm³/mol. The van der Waals surface area contributed by atoms with Crippen LogP contribution in [0.15, 0.2) is 47.0 Å². The van der Waals surface area contributed by atoms with Crippen LogP contribution in [0.25, 0.3) is 27.7 Å². The largest absolute Gasteiger partial charge is 0.462 e. The number of nitrogens with zero attached hydrogens (tertiary/aromatic N) is 3. The van der Waals surface area contributed by atoms with Crippen LogP contribution in [0.4, 0.5) is 0 Å². The van der Waals surface area contributed by atoms with E-state index in [1.165, 1.54) is 0 Å². The maximum absolute atomic E-state index is 11.8. The fourth-order valence-corrected chi connectivity index (χ4v) is 3.09. The molecule has 0 atom stereocenters. The Hall–Kier alpha value is -3.59. The molecule has 0 aliphatic carbocycles. The number of aromatic nitrogens is 2. The van der Waals surface area contributed by atoms with Crippen molar-refractivity contribution in [2.75, 3.05) is 6.61 Å². The van der Waals surface area contributed by atoms with E-state index >= 15 is 0 Å². The third kappa shape index (κ3) is 2.42. The number of nitriles is 1. The normalized spacial score (nSPS) is 11.0. The van der Waals surface area contributed by atoms with Crippen molar-refractivity contribution in [2.45, 2.75) is 13.8 Å². The van der Waals surface area contributed by atoms with E-state index in [1.807, 2.05) is 28.8 Å². The lowest BCUT2D eigenvalue weighted by atomic mass is 10.1. The third-order valence-corrected chi connectivity index (χ3v) is 4.21. The van der Waals surface area contributed by atoms with Crippen LogP contribution in [0, 0.1) is 18.3 Å². The maximum atomic E-state index is 11.8. The van der Waals surface area contributed by atoms with E-state index in [-0.39, 0.29) is 5.97 Å². The SMILES string of the molecule is CCOC(=O)c1ccc(-n2cc(C#N)c3c4oc(C)nc4ccc32)cc1. The van der Waals surface area contributed by atoms with Crippen LogP contribution in [0.2, 0.25) is 0 Å². The molecule has 0 aliphatic heterocycles. The number of oxazole rings is 1. The molecule has 2 aromatic carbocycles. The predicted octanol–water partition coefficient (Wildman–Crippen LogP) is 4.13. The standard InChI is InChI=1S/C20H15N3O3/c1-3-25-20(24)13-4-6-15(7-5-13)23-11-14(10-21)18-17(23)9-8-16-19(18)26-12(2)22-16/h4-9,11H,3H2,1-2H3. The summed E-state index contributed by atoms with van der Waals surface area (Å²) in [6, 6.07) is 13.1. The first-order valence-electron chi connectivity index (χ1n) is 8.21. The highest BCUT2D eigenvalue weighted by molar-refractivity contribution is 6.06. The lowest BCUT2D eigenvalue weighted by Gasteiger charge is -2.07. The molecule has 6 nitrogen and oxygen atoms in total. The van der Waals surface area contributed by atoms with E-state index in [4.69, 9.17) is 9.15 Å². The molecule has 0 unspecified atom stereocenters. The zero-order chi connectivity index (χ0) is 18.3. The molecule has 6 heteroatoms. The second-order valence-corrected chi connectivity index (χ2v) is 5.83. The molecule has 4 aromatic rings. The van der Waals surface area contributed by atoms with Crippen LogP contribution >= 0.6 is 0 Å². The molecule has 4 rings (SSSR count). The van der Waals surface area contributed by atoms with Gasteiger partial charge in [-0.2, -0.15) is 5.26 Å². The van der Waals surface area contributed by atoms with Crippen LogP contribution in [0.3, 0.4) is 0 Å². The van der Waals surface area contributed by atoms with Gasteiger partial charge in [-0.3, -0.25) is 0 Å². The van der Waals surface area contributed by atoms with Crippen molar-refractivity contribution in [1.29, 1.82) is 5.26 Å². The van der Waals surface area contributed by atoms with Gasteiger partial charge in [0.25, 0.3) is 0 Å². The second-order valence-electron chi connectivity index (χ2n) is 5.83. The smallest absolute Gasteiger partial charge is 0.338 e. The number of rotatable bonds is 3. The van der Waals surface area contributed by atoms with Gasteiger partial charge in [-0.15, -0.1) is 0 Å². The Morgan fingerprint density at radius 3 is 2.73 bits per heavy atom. The van der Waals surface area contributed by atoms with Crippen molar-refractivity contribution in [3.8, 4) is 11.8 Å². The zero-order valence-electron chi connectivity index (χ0n) is 14.3. The van der Waals surface area contributed by atoms with E-state index in [2.05, 4.69) is 11.1 Å². The number of carbonyl (C=O) groups is 1. The molecule has 26 heavy (non-hydrogen) atoms. The van der Waals surface area contributed by atoms with E-state index in [0.717, 1.165) is 22.1 Å². The van der Waals surface area contributed by atoms with Crippen molar-refractivity contribution >= 4 is 28.0 Å². The first-order chi connectivity index (χ1) is 12.6. The van der Waals surface area contributed by atoms with Crippen molar-refractivity contribution < 1.29 is 13.9 Å². The van der Waals surface area contributed by atoms with Gasteiger partial charge in [0.1, 0.15) is 11.6 Å². The molecule has 2 aromatic heterocycles. The number of hydrogen-bond donors (Lipinski definition) is 0. The first kappa shape index (κ1) is 15.9. The Morgan fingerprint density at radius 2 is 2.04 bits per heavy atom. The molecule has 0 saturated heterocycles. The zero-order valence-corrected chi connectivity index (χ0v) is 14.3. The number of carbonyl (C=O) groups excluding carboxylic acids is 1. The van der Waals surface area contributed by atoms with Crippen LogP contribution in [-0.2, 0) is 4.74 Å². The van der Waals surface area contributed by atoms with Gasteiger partial charge >= 0.3 is 5.97 Å². The molecule has 2 heterocycles. The first-order valence-corrected chi connectivity index (χ1v) is 8.21.